The number of aryl methyl sites for hydroxylation is 2. The number of benzene rings is 2. The van der Waals surface area contributed by atoms with Gasteiger partial charge < -0.3 is 20.3 Å². The summed E-state index contributed by atoms with van der Waals surface area (Å²) < 4.78 is 15.3. The maximum absolute atomic E-state index is 12.6. The molecule has 12 nitrogen and oxygen atoms in total. The Kier molecular flexibility index (Phi) is 19.1. The van der Waals surface area contributed by atoms with Gasteiger partial charge >= 0.3 is 5.97 Å². The highest BCUT2D eigenvalue weighted by molar-refractivity contribution is 7.17. The van der Waals surface area contributed by atoms with Crippen LogP contribution < -0.4 is 15.2 Å². The average molecular weight is 1080 g/mol. The third-order valence-electron chi connectivity index (χ3n) is 11.3. The van der Waals surface area contributed by atoms with Gasteiger partial charge in [-0.15, -0.1) is 22.7 Å². The van der Waals surface area contributed by atoms with Crippen molar-refractivity contribution in [3.8, 4) is 32.4 Å². The SMILES string of the molecule is CC(=O)c1ccc(-c2cc(Cl)c3c(c2)CC(CCC(=O)/C=C/c2c(C)nn(CC(C)C)c2Cl)O3)s1.CC(=O)c1ccc(-c2cc(Cl)c3c(c2)CC(CN)O3)s1.Cc1nn(CC(C)C)c(Cl)c1/C=C/C(=O)O. The minimum atomic E-state index is -0.993. The van der Waals surface area contributed by atoms with Crippen LogP contribution in [0.25, 0.3) is 33.0 Å². The first kappa shape index (κ1) is 55.3. The molecule has 6 aromatic rings. The normalized spacial score (nSPS) is 14.8. The first-order valence-electron chi connectivity index (χ1n) is 23.1. The zero-order chi connectivity index (χ0) is 51.8. The summed E-state index contributed by atoms with van der Waals surface area (Å²) >= 11 is 28.3. The minimum absolute atomic E-state index is 0.00821. The van der Waals surface area contributed by atoms with Crippen molar-refractivity contribution in [2.24, 2.45) is 17.6 Å². The fourth-order valence-corrected chi connectivity index (χ4v) is 10.8. The summed E-state index contributed by atoms with van der Waals surface area (Å²) in [5.74, 6) is 1.45. The Morgan fingerprint density at radius 1 is 0.718 bits per heavy atom. The smallest absolute Gasteiger partial charge is 0.328 e. The van der Waals surface area contributed by atoms with Gasteiger partial charge in [-0.2, -0.15) is 10.2 Å². The molecule has 0 saturated carbocycles. The number of fused-ring (bicyclic) bond motifs is 2. The van der Waals surface area contributed by atoms with E-state index in [4.69, 9.17) is 66.7 Å². The van der Waals surface area contributed by atoms with Crippen molar-refractivity contribution in [3.05, 3.63) is 124 Å². The standard InChI is InChI=1S/C27H28Cl2N2O3S.C15H14ClNO2S.C11H15ClN2O2/c1-15(2)14-31-27(29)22(16(3)30-31)8-6-20(33)5-7-21-12-19-11-18(13-23(28)26(19)34-21)25-10-9-24(35-25)17(4)32;1-8(18)13-2-3-14(20-13)9-4-10-5-11(7-17)19-15(10)12(16)6-9;1-7(2)6-14-11(12)9(8(3)13-14)4-5-10(15)16/h6,8-11,13,15,21H,5,7,12,14H2,1-4H3;2-4,6,11H,5,7,17H2,1H3;4-5,7H,6H2,1-3H3,(H,15,16)/b8-6+;;5-4+. The van der Waals surface area contributed by atoms with Gasteiger partial charge in [-0.1, -0.05) is 74.1 Å². The second kappa shape index (κ2) is 24.6. The van der Waals surface area contributed by atoms with Crippen molar-refractivity contribution >= 4 is 105 Å². The van der Waals surface area contributed by atoms with Gasteiger partial charge in [-0.25, -0.2) is 4.79 Å². The molecular weight excluding hydrogens is 1020 g/mol. The number of hydrogen-bond acceptors (Lipinski definition) is 11. The van der Waals surface area contributed by atoms with E-state index >= 15 is 0 Å². The highest BCUT2D eigenvalue weighted by Gasteiger charge is 2.28. The van der Waals surface area contributed by atoms with Crippen molar-refractivity contribution in [2.75, 3.05) is 6.54 Å². The summed E-state index contributed by atoms with van der Waals surface area (Å²) in [5.41, 5.74) is 12.7. The summed E-state index contributed by atoms with van der Waals surface area (Å²) in [7, 11) is 0. The molecule has 0 aliphatic carbocycles. The number of allylic oxidation sites excluding steroid dienone is 1. The zero-order valence-corrected chi connectivity index (χ0v) is 45.4. The molecule has 0 amide bonds. The van der Waals surface area contributed by atoms with Crippen LogP contribution >= 0.6 is 69.1 Å². The predicted octanol–water partition coefficient (Wildman–Crippen LogP) is 13.6. The molecule has 0 bridgehead atoms. The molecule has 0 spiro atoms. The lowest BCUT2D eigenvalue weighted by molar-refractivity contribution is -0.131. The third-order valence-corrected chi connectivity index (χ3v) is 15.1. The number of carbonyl (C=O) groups is 4. The van der Waals surface area contributed by atoms with Gasteiger partial charge in [0.05, 0.1) is 31.2 Å². The molecule has 18 heteroatoms. The summed E-state index contributed by atoms with van der Waals surface area (Å²) in [6.45, 7) is 17.1. The largest absolute Gasteiger partial charge is 0.488 e. The fraction of sp³-hybridized carbons (Fsp3) is 0.358. The second-order valence-corrected chi connectivity index (χ2v) is 21.9. The number of aromatic nitrogens is 4. The number of carboxylic acids is 1. The summed E-state index contributed by atoms with van der Waals surface area (Å²) in [6.07, 6.45) is 8.21. The van der Waals surface area contributed by atoms with E-state index in [-0.39, 0.29) is 29.6 Å². The molecule has 3 N–H and O–H groups in total. The van der Waals surface area contributed by atoms with Crippen LogP contribution in [0.4, 0.5) is 0 Å². The van der Waals surface area contributed by atoms with Gasteiger partial charge in [-0.05, 0) is 124 Å². The summed E-state index contributed by atoms with van der Waals surface area (Å²) in [6, 6.07) is 15.5. The van der Waals surface area contributed by atoms with Crippen molar-refractivity contribution in [1.82, 2.24) is 19.6 Å². The maximum Gasteiger partial charge on any atom is 0.328 e. The molecule has 71 heavy (non-hydrogen) atoms. The van der Waals surface area contributed by atoms with E-state index in [0.29, 0.717) is 69.3 Å². The van der Waals surface area contributed by atoms with E-state index < -0.39 is 5.97 Å². The Hall–Kier alpha value is -5.06. The van der Waals surface area contributed by atoms with Gasteiger partial charge in [0.15, 0.2) is 17.3 Å². The van der Waals surface area contributed by atoms with E-state index in [1.807, 2.05) is 50.2 Å². The van der Waals surface area contributed by atoms with Crippen LogP contribution in [0.3, 0.4) is 0 Å². The van der Waals surface area contributed by atoms with Crippen LogP contribution in [0.2, 0.25) is 20.4 Å². The average Bonchev–Trinajstić information content (AvgIpc) is 4.17. The molecule has 376 valence electrons. The first-order valence-corrected chi connectivity index (χ1v) is 26.2. The van der Waals surface area contributed by atoms with Gasteiger partial charge in [0.2, 0.25) is 0 Å². The van der Waals surface area contributed by atoms with Crippen LogP contribution in [-0.2, 0) is 35.5 Å². The zero-order valence-electron chi connectivity index (χ0n) is 40.8. The number of halogens is 4. The van der Waals surface area contributed by atoms with E-state index in [1.165, 1.54) is 28.7 Å². The number of Topliss-reactive ketones (excluding diaryl/α,β-unsaturated/α-hetero) is 2. The molecule has 2 aromatic carbocycles. The third kappa shape index (κ3) is 14.3. The minimum Gasteiger partial charge on any atom is -0.488 e. The Morgan fingerprint density at radius 3 is 1.56 bits per heavy atom. The highest BCUT2D eigenvalue weighted by Crippen LogP contribution is 2.43. The molecule has 0 radical (unpaired) electrons. The van der Waals surface area contributed by atoms with Crippen molar-refractivity contribution in [1.29, 1.82) is 0 Å². The molecule has 6 heterocycles. The number of aliphatic carboxylic acids is 1. The number of rotatable bonds is 16. The molecular formula is C53H57Cl4N5O7S2. The molecule has 2 aliphatic rings. The Bertz CT molecular complexity index is 3000. The van der Waals surface area contributed by atoms with Crippen LogP contribution in [0.1, 0.15) is 107 Å². The molecule has 0 fully saturated rings. The highest BCUT2D eigenvalue weighted by atomic mass is 35.5. The quantitative estimate of drug-likeness (QED) is 0.0703. The van der Waals surface area contributed by atoms with Crippen molar-refractivity contribution in [3.63, 3.8) is 0 Å². The fourth-order valence-electron chi connectivity index (χ4n) is 7.88. The number of ether oxygens (including phenoxy) is 2. The number of ketones is 3. The van der Waals surface area contributed by atoms with E-state index in [2.05, 4.69) is 50.0 Å². The number of nitrogens with zero attached hydrogens (tertiary/aromatic N) is 4. The maximum atomic E-state index is 12.6. The number of nitrogens with two attached hydrogens (primary N) is 1. The molecule has 2 atom stereocenters. The van der Waals surface area contributed by atoms with Gasteiger partial charge in [0.1, 0.15) is 34.0 Å². The second-order valence-electron chi connectivity index (χ2n) is 18.2. The van der Waals surface area contributed by atoms with Crippen molar-refractivity contribution in [2.45, 2.75) is 106 Å². The Balaban J connectivity index is 0.000000193. The lowest BCUT2D eigenvalue weighted by atomic mass is 10.0. The Morgan fingerprint density at radius 2 is 1.15 bits per heavy atom. The van der Waals surface area contributed by atoms with E-state index in [1.54, 1.807) is 35.4 Å². The monoisotopic (exact) mass is 1080 g/mol. The number of carbonyl (C=O) groups excluding carboxylic acids is 3. The summed E-state index contributed by atoms with van der Waals surface area (Å²) in [5, 5.41) is 19.5. The van der Waals surface area contributed by atoms with Gasteiger partial charge in [0.25, 0.3) is 0 Å². The van der Waals surface area contributed by atoms with Crippen molar-refractivity contribution < 1.29 is 33.8 Å². The lowest BCUT2D eigenvalue weighted by Crippen LogP contribution is -2.24. The molecule has 2 aliphatic heterocycles. The van der Waals surface area contributed by atoms with Crippen LogP contribution in [-0.4, -0.2) is 66.7 Å². The van der Waals surface area contributed by atoms with Crippen LogP contribution in [0, 0.1) is 25.7 Å². The first-order chi connectivity index (χ1) is 33.6. The number of hydrogen-bond donors (Lipinski definition) is 2. The summed E-state index contributed by atoms with van der Waals surface area (Å²) in [4.78, 5) is 49.5. The van der Waals surface area contributed by atoms with Gasteiger partial charge in [-0.3, -0.25) is 23.7 Å². The Labute approximate surface area is 442 Å². The molecule has 4 aromatic heterocycles. The van der Waals surface area contributed by atoms with Crippen LogP contribution in [0.15, 0.2) is 60.7 Å². The molecule has 0 saturated heterocycles. The van der Waals surface area contributed by atoms with Crippen LogP contribution in [0.5, 0.6) is 11.5 Å². The predicted molar refractivity (Wildman–Crippen MR) is 288 cm³/mol. The topological polar surface area (TPSA) is 169 Å². The number of thiophene rings is 2. The number of carboxylic acid groups (broad SMARTS) is 1. The van der Waals surface area contributed by atoms with E-state index in [0.717, 1.165) is 90.0 Å². The van der Waals surface area contributed by atoms with E-state index in [9.17, 15) is 19.2 Å². The molecule has 8 rings (SSSR count). The van der Waals surface area contributed by atoms with Gasteiger partial charge in [0, 0.05) is 77.0 Å². The lowest BCUT2D eigenvalue weighted by Gasteiger charge is -2.10. The molecule has 2 unspecified atom stereocenters.